The molecule has 0 radical (unpaired) electrons. The number of carbonyl (C=O) groups is 2. The van der Waals surface area contributed by atoms with Crippen molar-refractivity contribution in [3.05, 3.63) is 65.2 Å². The summed E-state index contributed by atoms with van der Waals surface area (Å²) in [7, 11) is 0. The van der Waals surface area contributed by atoms with E-state index in [1.54, 1.807) is 10.6 Å². The summed E-state index contributed by atoms with van der Waals surface area (Å²) in [5, 5.41) is 5.99. The van der Waals surface area contributed by atoms with Gasteiger partial charge in [0.25, 0.3) is 11.8 Å². The number of anilines is 1. The van der Waals surface area contributed by atoms with E-state index in [0.717, 1.165) is 42.5 Å². The number of rotatable bonds is 4. The SMILES string of the molecule is Cc1cccc(NC(=O)c2nc(C(=O)NC3CCCC3)c3ccccn23)c1C. The molecule has 144 valence electrons. The van der Waals surface area contributed by atoms with Crippen molar-refractivity contribution in [1.82, 2.24) is 14.7 Å². The molecule has 0 saturated heterocycles. The highest BCUT2D eigenvalue weighted by Crippen LogP contribution is 2.21. The molecule has 2 heterocycles. The van der Waals surface area contributed by atoms with Gasteiger partial charge in [-0.2, -0.15) is 0 Å². The molecule has 2 N–H and O–H groups in total. The lowest BCUT2D eigenvalue weighted by molar-refractivity contribution is 0.0935. The van der Waals surface area contributed by atoms with Crippen LogP contribution in [0, 0.1) is 13.8 Å². The number of hydrogen-bond acceptors (Lipinski definition) is 3. The number of nitrogens with one attached hydrogen (secondary N) is 2. The van der Waals surface area contributed by atoms with Gasteiger partial charge in [-0.3, -0.25) is 14.0 Å². The molecule has 2 aromatic heterocycles. The Labute approximate surface area is 164 Å². The summed E-state index contributed by atoms with van der Waals surface area (Å²) in [5.74, 6) is -0.357. The van der Waals surface area contributed by atoms with Gasteiger partial charge in [0.05, 0.1) is 5.52 Å². The van der Waals surface area contributed by atoms with Crippen LogP contribution in [-0.4, -0.2) is 27.2 Å². The predicted octanol–water partition coefficient (Wildman–Crippen LogP) is 3.88. The van der Waals surface area contributed by atoms with Crippen LogP contribution < -0.4 is 10.6 Å². The van der Waals surface area contributed by atoms with Gasteiger partial charge in [-0.15, -0.1) is 0 Å². The van der Waals surface area contributed by atoms with E-state index < -0.39 is 0 Å². The molecule has 1 aliphatic rings. The first kappa shape index (κ1) is 18.2. The fourth-order valence-electron chi connectivity index (χ4n) is 3.75. The van der Waals surface area contributed by atoms with Gasteiger partial charge in [0.2, 0.25) is 5.82 Å². The van der Waals surface area contributed by atoms with E-state index in [9.17, 15) is 9.59 Å². The lowest BCUT2D eigenvalue weighted by atomic mass is 10.1. The molecular formula is C22H24N4O2. The summed E-state index contributed by atoms with van der Waals surface area (Å²) in [6.07, 6.45) is 6.03. The summed E-state index contributed by atoms with van der Waals surface area (Å²) in [5.41, 5.74) is 3.77. The quantitative estimate of drug-likeness (QED) is 0.726. The first-order valence-corrected chi connectivity index (χ1v) is 9.70. The van der Waals surface area contributed by atoms with Crippen LogP contribution in [0.1, 0.15) is 57.9 Å². The Hall–Kier alpha value is -3.15. The Morgan fingerprint density at radius 3 is 2.61 bits per heavy atom. The van der Waals surface area contributed by atoms with Crippen molar-refractivity contribution >= 4 is 23.0 Å². The van der Waals surface area contributed by atoms with Gasteiger partial charge >= 0.3 is 0 Å². The maximum atomic E-state index is 12.9. The maximum Gasteiger partial charge on any atom is 0.292 e. The summed E-state index contributed by atoms with van der Waals surface area (Å²) in [4.78, 5) is 30.2. The molecule has 0 spiro atoms. The number of imidazole rings is 1. The number of carbonyl (C=O) groups excluding carboxylic acids is 2. The number of amides is 2. The lowest BCUT2D eigenvalue weighted by Gasteiger charge is -2.10. The molecule has 2 amide bonds. The number of nitrogens with zero attached hydrogens (tertiary/aromatic N) is 2. The second kappa shape index (κ2) is 7.46. The Bertz CT molecular complexity index is 1050. The van der Waals surface area contributed by atoms with Gasteiger partial charge in [0.15, 0.2) is 5.69 Å². The number of benzene rings is 1. The standard InChI is InChI=1S/C22H24N4O2/c1-14-8-7-11-17(15(14)2)24-22(28)20-25-19(18-12-5-6-13-26(18)20)21(27)23-16-9-3-4-10-16/h5-8,11-13,16H,3-4,9-10H2,1-2H3,(H,23,27)(H,24,28). The molecular weight excluding hydrogens is 352 g/mol. The first-order valence-electron chi connectivity index (χ1n) is 9.70. The number of aryl methyl sites for hydroxylation is 1. The zero-order chi connectivity index (χ0) is 19.7. The Balaban J connectivity index is 1.66. The van der Waals surface area contributed by atoms with Crippen molar-refractivity contribution in [2.24, 2.45) is 0 Å². The van der Waals surface area contributed by atoms with Crippen LogP contribution in [-0.2, 0) is 0 Å². The van der Waals surface area contributed by atoms with Crippen LogP contribution in [0.25, 0.3) is 5.52 Å². The molecule has 6 nitrogen and oxygen atoms in total. The van der Waals surface area contributed by atoms with Gasteiger partial charge in [-0.1, -0.05) is 31.0 Å². The topological polar surface area (TPSA) is 75.5 Å². The molecule has 1 fully saturated rings. The van der Waals surface area contributed by atoms with Gasteiger partial charge in [0, 0.05) is 17.9 Å². The van der Waals surface area contributed by atoms with Crippen molar-refractivity contribution in [3.63, 3.8) is 0 Å². The van der Waals surface area contributed by atoms with Crippen molar-refractivity contribution in [3.8, 4) is 0 Å². The van der Waals surface area contributed by atoms with Crippen LogP contribution in [0.15, 0.2) is 42.6 Å². The average Bonchev–Trinajstić information content (AvgIpc) is 3.33. The minimum absolute atomic E-state index is 0.195. The highest BCUT2D eigenvalue weighted by atomic mass is 16.2. The van der Waals surface area contributed by atoms with Crippen molar-refractivity contribution < 1.29 is 9.59 Å². The second-order valence-corrected chi connectivity index (χ2v) is 7.40. The number of aromatic nitrogens is 2. The van der Waals surface area contributed by atoms with Crippen LogP contribution in [0.2, 0.25) is 0 Å². The maximum absolute atomic E-state index is 12.9. The van der Waals surface area contributed by atoms with Crippen LogP contribution in [0.4, 0.5) is 5.69 Å². The summed E-state index contributed by atoms with van der Waals surface area (Å²) >= 11 is 0. The van der Waals surface area contributed by atoms with Gasteiger partial charge in [-0.05, 0) is 56.0 Å². The fourth-order valence-corrected chi connectivity index (χ4v) is 3.75. The summed E-state index contributed by atoms with van der Waals surface area (Å²) < 4.78 is 1.67. The third-order valence-corrected chi connectivity index (χ3v) is 5.51. The van der Waals surface area contributed by atoms with Gasteiger partial charge < -0.3 is 10.6 Å². The van der Waals surface area contributed by atoms with Crippen LogP contribution in [0.3, 0.4) is 0 Å². The molecule has 0 aliphatic heterocycles. The molecule has 0 unspecified atom stereocenters. The predicted molar refractivity (Wildman–Crippen MR) is 109 cm³/mol. The summed E-state index contributed by atoms with van der Waals surface area (Å²) in [6, 6.07) is 11.4. The number of pyridine rings is 1. The van der Waals surface area contributed by atoms with E-state index in [1.165, 1.54) is 0 Å². The monoisotopic (exact) mass is 376 g/mol. The number of hydrogen-bond donors (Lipinski definition) is 2. The third-order valence-electron chi connectivity index (χ3n) is 5.51. The average molecular weight is 376 g/mol. The molecule has 1 saturated carbocycles. The molecule has 4 rings (SSSR count). The highest BCUT2D eigenvalue weighted by molar-refractivity contribution is 6.06. The largest absolute Gasteiger partial charge is 0.348 e. The van der Waals surface area contributed by atoms with Crippen molar-refractivity contribution in [2.75, 3.05) is 5.32 Å². The van der Waals surface area contributed by atoms with Crippen LogP contribution in [0.5, 0.6) is 0 Å². The van der Waals surface area contributed by atoms with E-state index in [4.69, 9.17) is 0 Å². The molecule has 3 aromatic rings. The van der Waals surface area contributed by atoms with Crippen molar-refractivity contribution in [2.45, 2.75) is 45.6 Å². The zero-order valence-electron chi connectivity index (χ0n) is 16.2. The third kappa shape index (κ3) is 3.38. The Kier molecular flexibility index (Phi) is 4.86. The molecule has 1 aromatic carbocycles. The zero-order valence-corrected chi connectivity index (χ0v) is 16.2. The summed E-state index contributed by atoms with van der Waals surface area (Å²) in [6.45, 7) is 3.97. The second-order valence-electron chi connectivity index (χ2n) is 7.40. The highest BCUT2D eigenvalue weighted by Gasteiger charge is 2.24. The van der Waals surface area contributed by atoms with E-state index in [1.807, 2.05) is 50.2 Å². The molecule has 0 bridgehead atoms. The lowest BCUT2D eigenvalue weighted by Crippen LogP contribution is -2.33. The van der Waals surface area contributed by atoms with Gasteiger partial charge in [-0.25, -0.2) is 4.98 Å². The number of fused-ring (bicyclic) bond motifs is 1. The molecule has 28 heavy (non-hydrogen) atoms. The van der Waals surface area contributed by atoms with E-state index in [-0.39, 0.29) is 23.7 Å². The fraction of sp³-hybridized carbons (Fsp3) is 0.318. The van der Waals surface area contributed by atoms with E-state index in [2.05, 4.69) is 15.6 Å². The van der Waals surface area contributed by atoms with Gasteiger partial charge in [0.1, 0.15) is 0 Å². The van der Waals surface area contributed by atoms with E-state index >= 15 is 0 Å². The van der Waals surface area contributed by atoms with Crippen molar-refractivity contribution in [1.29, 1.82) is 0 Å². The molecule has 0 atom stereocenters. The van der Waals surface area contributed by atoms with E-state index in [0.29, 0.717) is 11.2 Å². The molecule has 1 aliphatic carbocycles. The molecule has 6 heteroatoms. The first-order chi connectivity index (χ1) is 13.5. The smallest absolute Gasteiger partial charge is 0.292 e. The minimum Gasteiger partial charge on any atom is -0.348 e. The Morgan fingerprint density at radius 2 is 1.82 bits per heavy atom. The minimum atomic E-state index is -0.338. The van der Waals surface area contributed by atoms with Crippen LogP contribution >= 0.6 is 0 Å². The normalized spacial score (nSPS) is 14.4. The Morgan fingerprint density at radius 1 is 1.04 bits per heavy atom.